The standard InChI is InChI=1S/C14H21NO3/c1-10(2)15-8-13(17)9-18-14-6-4-12(5-7-14)11(3)16/h4-7,10,13,15,17H,8-9H2,1-3H3/p+1. The highest BCUT2D eigenvalue weighted by molar-refractivity contribution is 5.94. The van der Waals surface area contributed by atoms with Gasteiger partial charge in [-0.25, -0.2) is 0 Å². The van der Waals surface area contributed by atoms with Crippen molar-refractivity contribution in [1.29, 1.82) is 0 Å². The highest BCUT2D eigenvalue weighted by atomic mass is 16.5. The molecule has 0 heterocycles. The van der Waals surface area contributed by atoms with Gasteiger partial charge < -0.3 is 15.2 Å². The van der Waals surface area contributed by atoms with Crippen LogP contribution < -0.4 is 10.1 Å². The van der Waals surface area contributed by atoms with Gasteiger partial charge in [0.25, 0.3) is 0 Å². The average molecular weight is 252 g/mol. The van der Waals surface area contributed by atoms with Crippen LogP contribution >= 0.6 is 0 Å². The number of nitrogens with two attached hydrogens (primary N) is 1. The summed E-state index contributed by atoms with van der Waals surface area (Å²) in [6.07, 6.45) is -0.486. The van der Waals surface area contributed by atoms with Crippen molar-refractivity contribution >= 4 is 5.78 Å². The molecule has 0 aliphatic carbocycles. The number of ketones is 1. The third kappa shape index (κ3) is 5.29. The molecule has 0 fully saturated rings. The van der Waals surface area contributed by atoms with Crippen molar-refractivity contribution in [1.82, 2.24) is 0 Å². The zero-order chi connectivity index (χ0) is 13.5. The Morgan fingerprint density at radius 2 is 1.94 bits per heavy atom. The molecule has 100 valence electrons. The number of hydrogen-bond donors (Lipinski definition) is 2. The van der Waals surface area contributed by atoms with Crippen molar-refractivity contribution in [3.8, 4) is 5.75 Å². The number of hydrogen-bond acceptors (Lipinski definition) is 3. The molecule has 1 aromatic rings. The minimum atomic E-state index is -0.486. The van der Waals surface area contributed by atoms with Crippen LogP contribution in [0.15, 0.2) is 24.3 Å². The summed E-state index contributed by atoms with van der Waals surface area (Å²) < 4.78 is 5.45. The van der Waals surface area contributed by atoms with E-state index in [2.05, 4.69) is 19.2 Å². The molecule has 1 unspecified atom stereocenters. The number of rotatable bonds is 7. The fraction of sp³-hybridized carbons (Fsp3) is 0.500. The first-order valence-electron chi connectivity index (χ1n) is 6.24. The normalized spacial score (nSPS) is 12.5. The van der Waals surface area contributed by atoms with Gasteiger partial charge in [0, 0.05) is 5.56 Å². The van der Waals surface area contributed by atoms with Gasteiger partial charge in [0.05, 0.1) is 6.04 Å². The monoisotopic (exact) mass is 252 g/mol. The molecule has 4 heteroatoms. The number of quaternary nitrogens is 1. The molecule has 0 saturated carbocycles. The SMILES string of the molecule is CC(=O)c1ccc(OCC(O)C[NH2+]C(C)C)cc1. The smallest absolute Gasteiger partial charge is 0.159 e. The van der Waals surface area contributed by atoms with Crippen LogP contribution in [-0.2, 0) is 0 Å². The highest BCUT2D eigenvalue weighted by Crippen LogP contribution is 2.12. The van der Waals surface area contributed by atoms with E-state index < -0.39 is 6.10 Å². The Bertz CT molecular complexity index is 373. The van der Waals surface area contributed by atoms with E-state index in [1.807, 2.05) is 0 Å². The Balaban J connectivity index is 2.36. The Labute approximate surface area is 108 Å². The first-order valence-corrected chi connectivity index (χ1v) is 6.24. The molecule has 0 aliphatic rings. The van der Waals surface area contributed by atoms with Gasteiger partial charge >= 0.3 is 0 Å². The second-order valence-electron chi connectivity index (χ2n) is 4.76. The summed E-state index contributed by atoms with van der Waals surface area (Å²) in [6.45, 7) is 6.58. The molecule has 1 atom stereocenters. The number of aliphatic hydroxyl groups is 1. The molecule has 18 heavy (non-hydrogen) atoms. The zero-order valence-electron chi connectivity index (χ0n) is 11.2. The van der Waals surface area contributed by atoms with Gasteiger partial charge in [0.2, 0.25) is 0 Å². The van der Waals surface area contributed by atoms with Crippen molar-refractivity contribution in [3.05, 3.63) is 29.8 Å². The maximum absolute atomic E-state index is 11.1. The molecule has 0 radical (unpaired) electrons. The van der Waals surface area contributed by atoms with Crippen molar-refractivity contribution < 1.29 is 20.0 Å². The number of Topliss-reactive ketones (excluding diaryl/α,β-unsaturated/α-hetero) is 1. The molecule has 0 aromatic heterocycles. The van der Waals surface area contributed by atoms with Crippen LogP contribution in [0.5, 0.6) is 5.75 Å². The van der Waals surface area contributed by atoms with E-state index in [1.54, 1.807) is 24.3 Å². The molecular formula is C14H22NO3+. The van der Waals surface area contributed by atoms with Gasteiger partial charge in [0.15, 0.2) is 5.78 Å². The van der Waals surface area contributed by atoms with Gasteiger partial charge in [-0.3, -0.25) is 4.79 Å². The lowest BCUT2D eigenvalue weighted by molar-refractivity contribution is -0.688. The van der Waals surface area contributed by atoms with Crippen molar-refractivity contribution in [2.24, 2.45) is 0 Å². The van der Waals surface area contributed by atoms with Crippen LogP contribution in [0.4, 0.5) is 0 Å². The molecule has 4 nitrogen and oxygen atoms in total. The minimum Gasteiger partial charge on any atom is -0.491 e. The van der Waals surface area contributed by atoms with E-state index in [1.165, 1.54) is 6.92 Å². The molecule has 1 aromatic carbocycles. The largest absolute Gasteiger partial charge is 0.491 e. The summed E-state index contributed by atoms with van der Waals surface area (Å²) in [6, 6.07) is 7.41. The van der Waals surface area contributed by atoms with E-state index in [-0.39, 0.29) is 12.4 Å². The molecule has 0 bridgehead atoms. The number of aliphatic hydroxyl groups excluding tert-OH is 1. The lowest BCUT2D eigenvalue weighted by atomic mass is 10.1. The fourth-order valence-corrected chi connectivity index (χ4v) is 1.48. The lowest BCUT2D eigenvalue weighted by Crippen LogP contribution is -2.90. The third-order valence-corrected chi connectivity index (χ3v) is 2.58. The van der Waals surface area contributed by atoms with E-state index >= 15 is 0 Å². The summed E-state index contributed by atoms with van der Waals surface area (Å²) in [5.74, 6) is 0.705. The third-order valence-electron chi connectivity index (χ3n) is 2.58. The highest BCUT2D eigenvalue weighted by Gasteiger charge is 2.08. The Morgan fingerprint density at radius 3 is 2.44 bits per heavy atom. The summed E-state index contributed by atoms with van der Waals surface area (Å²) >= 11 is 0. The lowest BCUT2D eigenvalue weighted by Gasteiger charge is -2.12. The average Bonchev–Trinajstić information content (AvgIpc) is 2.34. The van der Waals surface area contributed by atoms with Gasteiger partial charge in [-0.2, -0.15) is 0 Å². The van der Waals surface area contributed by atoms with Crippen LogP contribution in [0.1, 0.15) is 31.1 Å². The molecule has 1 rings (SSSR count). The molecule has 0 saturated heterocycles. The minimum absolute atomic E-state index is 0.0353. The maximum Gasteiger partial charge on any atom is 0.159 e. The van der Waals surface area contributed by atoms with Crippen LogP contribution in [0.25, 0.3) is 0 Å². The van der Waals surface area contributed by atoms with Gasteiger partial charge in [-0.05, 0) is 45.0 Å². The summed E-state index contributed by atoms with van der Waals surface area (Å²) in [7, 11) is 0. The Kier molecular flexibility index (Phi) is 5.82. The van der Waals surface area contributed by atoms with Crippen LogP contribution in [0.3, 0.4) is 0 Å². The predicted molar refractivity (Wildman–Crippen MR) is 69.9 cm³/mol. The summed E-state index contributed by atoms with van der Waals surface area (Å²) in [4.78, 5) is 11.1. The molecule has 0 aliphatic heterocycles. The maximum atomic E-state index is 11.1. The van der Waals surface area contributed by atoms with E-state index in [4.69, 9.17) is 4.74 Å². The van der Waals surface area contributed by atoms with Gasteiger partial charge in [-0.15, -0.1) is 0 Å². The first kappa shape index (κ1) is 14.7. The summed E-state index contributed by atoms with van der Waals surface area (Å²) in [5.41, 5.74) is 0.663. The van der Waals surface area contributed by atoms with Crippen LogP contribution in [0, 0.1) is 0 Å². The predicted octanol–water partition coefficient (Wildman–Crippen LogP) is 0.601. The molecule has 0 amide bonds. The summed E-state index contributed by atoms with van der Waals surface area (Å²) in [5, 5.41) is 11.8. The topological polar surface area (TPSA) is 63.1 Å². The van der Waals surface area contributed by atoms with Crippen LogP contribution in [0.2, 0.25) is 0 Å². The second-order valence-corrected chi connectivity index (χ2v) is 4.76. The fourth-order valence-electron chi connectivity index (χ4n) is 1.48. The first-order chi connectivity index (χ1) is 8.49. The van der Waals surface area contributed by atoms with Gasteiger partial charge in [0.1, 0.15) is 25.0 Å². The zero-order valence-corrected chi connectivity index (χ0v) is 11.2. The van der Waals surface area contributed by atoms with E-state index in [0.29, 0.717) is 23.9 Å². The molecular weight excluding hydrogens is 230 g/mol. The van der Waals surface area contributed by atoms with Crippen LogP contribution in [-0.4, -0.2) is 36.2 Å². The van der Waals surface area contributed by atoms with E-state index in [0.717, 1.165) is 0 Å². The Hall–Kier alpha value is -1.39. The van der Waals surface area contributed by atoms with Crippen molar-refractivity contribution in [2.75, 3.05) is 13.2 Å². The Morgan fingerprint density at radius 1 is 1.33 bits per heavy atom. The van der Waals surface area contributed by atoms with Gasteiger partial charge in [-0.1, -0.05) is 0 Å². The molecule has 0 spiro atoms. The number of carbonyl (C=O) groups is 1. The number of benzene rings is 1. The molecule has 3 N–H and O–H groups in total. The van der Waals surface area contributed by atoms with E-state index in [9.17, 15) is 9.90 Å². The quantitative estimate of drug-likeness (QED) is 0.699. The number of ether oxygens (including phenoxy) is 1. The van der Waals surface area contributed by atoms with Crippen molar-refractivity contribution in [2.45, 2.75) is 32.9 Å². The number of carbonyl (C=O) groups excluding carboxylic acids is 1. The second kappa shape index (κ2) is 7.13. The van der Waals surface area contributed by atoms with Crippen molar-refractivity contribution in [3.63, 3.8) is 0 Å².